The molecule has 0 spiro atoms. The molecule has 2 fully saturated rings. The molecule has 1 aromatic heterocycles. The number of rotatable bonds is 5. The van der Waals surface area contributed by atoms with Crippen molar-refractivity contribution in [3.8, 4) is 0 Å². The van der Waals surface area contributed by atoms with Crippen LogP contribution in [0.1, 0.15) is 29.9 Å². The Balaban J connectivity index is 1.39. The monoisotopic (exact) mass is 370 g/mol. The molecule has 0 aliphatic carbocycles. The van der Waals surface area contributed by atoms with Crippen LogP contribution in [0.15, 0.2) is 36.7 Å². The van der Waals surface area contributed by atoms with Gasteiger partial charge in [-0.05, 0) is 36.6 Å². The minimum atomic E-state index is -0.389. The van der Waals surface area contributed by atoms with Gasteiger partial charge in [-0.2, -0.15) is 5.10 Å². The maximum absolute atomic E-state index is 13.8. The first-order valence-corrected chi connectivity index (χ1v) is 9.33. The van der Waals surface area contributed by atoms with Crippen LogP contribution in [-0.4, -0.2) is 57.1 Å². The van der Waals surface area contributed by atoms with E-state index in [1.54, 1.807) is 22.9 Å². The summed E-state index contributed by atoms with van der Waals surface area (Å²) >= 11 is 0. The lowest BCUT2D eigenvalue weighted by molar-refractivity contribution is -0.139. The third kappa shape index (κ3) is 3.51. The van der Waals surface area contributed by atoms with Crippen molar-refractivity contribution in [2.24, 2.45) is 7.05 Å². The van der Waals surface area contributed by atoms with Gasteiger partial charge in [0.2, 0.25) is 11.8 Å². The van der Waals surface area contributed by atoms with Crippen LogP contribution in [0, 0.1) is 5.82 Å². The second-order valence-electron chi connectivity index (χ2n) is 7.37. The second kappa shape index (κ2) is 7.23. The molecule has 27 heavy (non-hydrogen) atoms. The highest BCUT2D eigenvalue weighted by Gasteiger charge is 2.43. The molecule has 0 bridgehead atoms. The van der Waals surface area contributed by atoms with Gasteiger partial charge in [0.25, 0.3) is 0 Å². The zero-order chi connectivity index (χ0) is 19.0. The van der Waals surface area contributed by atoms with E-state index >= 15 is 0 Å². The van der Waals surface area contributed by atoms with Gasteiger partial charge in [-0.3, -0.25) is 24.1 Å². The molecule has 1 aromatic carbocycles. The van der Waals surface area contributed by atoms with Crippen LogP contribution >= 0.6 is 0 Å². The summed E-state index contributed by atoms with van der Waals surface area (Å²) in [6.07, 6.45) is 5.40. The highest BCUT2D eigenvalue weighted by atomic mass is 19.1. The molecule has 2 aliphatic heterocycles. The van der Waals surface area contributed by atoms with Crippen LogP contribution in [0.4, 0.5) is 4.39 Å². The lowest BCUT2D eigenvalue weighted by atomic mass is 10.0. The summed E-state index contributed by atoms with van der Waals surface area (Å²) < 4.78 is 15.6. The number of carbonyl (C=O) groups is 2. The van der Waals surface area contributed by atoms with Crippen molar-refractivity contribution in [3.63, 3.8) is 0 Å². The topological polar surface area (TPSA) is 58.4 Å². The summed E-state index contributed by atoms with van der Waals surface area (Å²) in [7, 11) is 1.89. The molecule has 0 radical (unpaired) electrons. The van der Waals surface area contributed by atoms with E-state index in [9.17, 15) is 14.0 Å². The molecule has 0 saturated carbocycles. The first kappa shape index (κ1) is 17.9. The third-order valence-corrected chi connectivity index (χ3v) is 5.64. The van der Waals surface area contributed by atoms with Gasteiger partial charge in [0, 0.05) is 32.3 Å². The molecule has 0 N–H and O–H groups in total. The first-order valence-electron chi connectivity index (χ1n) is 9.33. The number of aryl methyl sites for hydroxylation is 1. The number of hydrogen-bond acceptors (Lipinski definition) is 4. The van der Waals surface area contributed by atoms with Crippen LogP contribution in [-0.2, 0) is 23.1 Å². The van der Waals surface area contributed by atoms with Gasteiger partial charge in [-0.15, -0.1) is 0 Å². The number of likely N-dealkylation sites (tertiary alicyclic amines) is 2. The third-order valence-electron chi connectivity index (χ3n) is 5.64. The molecule has 7 heteroatoms. The number of nitrogens with zero attached hydrogens (tertiary/aromatic N) is 4. The Morgan fingerprint density at radius 1 is 1.26 bits per heavy atom. The molecule has 142 valence electrons. The van der Waals surface area contributed by atoms with Crippen molar-refractivity contribution in [1.82, 2.24) is 19.6 Å². The number of hydrogen-bond donors (Lipinski definition) is 0. The largest absolute Gasteiger partial charge is 0.291 e. The zero-order valence-corrected chi connectivity index (χ0v) is 15.3. The molecule has 6 nitrogen and oxygen atoms in total. The van der Waals surface area contributed by atoms with Gasteiger partial charge in [0.1, 0.15) is 5.82 Å². The van der Waals surface area contributed by atoms with E-state index in [4.69, 9.17) is 0 Å². The van der Waals surface area contributed by atoms with E-state index in [0.717, 1.165) is 19.5 Å². The van der Waals surface area contributed by atoms with Gasteiger partial charge in [0.05, 0.1) is 18.7 Å². The molecule has 3 heterocycles. The summed E-state index contributed by atoms with van der Waals surface area (Å²) in [4.78, 5) is 28.6. The van der Waals surface area contributed by atoms with Crippen LogP contribution in [0.5, 0.6) is 0 Å². The summed E-state index contributed by atoms with van der Waals surface area (Å²) in [6, 6.07) is 6.09. The van der Waals surface area contributed by atoms with Gasteiger partial charge in [0.15, 0.2) is 0 Å². The summed E-state index contributed by atoms with van der Waals surface area (Å²) in [5.74, 6) is -0.268. The smallest absolute Gasteiger partial charge is 0.247 e. The van der Waals surface area contributed by atoms with E-state index < -0.39 is 0 Å². The maximum Gasteiger partial charge on any atom is 0.247 e. The lowest BCUT2D eigenvalue weighted by Gasteiger charge is -2.22. The number of aromatic nitrogens is 2. The standard InChI is InChI=1S/C20H23FN4O2/c1-23-12-16(11-22-23)15-6-8-24(13-15)18-10-19(26)25(20(18)27)9-7-14-4-2-3-5-17(14)21/h2-5,11-12,15,18H,6-10,13H2,1H3. The second-order valence-corrected chi connectivity index (χ2v) is 7.37. The number of carbonyl (C=O) groups excluding carboxylic acids is 2. The molecule has 2 atom stereocenters. The van der Waals surface area contributed by atoms with Crippen LogP contribution in [0.3, 0.4) is 0 Å². The van der Waals surface area contributed by atoms with E-state index in [2.05, 4.69) is 10.00 Å². The van der Waals surface area contributed by atoms with Crippen molar-refractivity contribution in [1.29, 1.82) is 0 Å². The minimum absolute atomic E-state index is 0.150. The number of halogens is 1. The van der Waals surface area contributed by atoms with Crippen LogP contribution < -0.4 is 0 Å². The zero-order valence-electron chi connectivity index (χ0n) is 15.3. The Morgan fingerprint density at radius 3 is 2.81 bits per heavy atom. The number of amides is 2. The summed E-state index contributed by atoms with van der Waals surface area (Å²) in [5, 5.41) is 4.22. The normalized spacial score (nSPS) is 23.6. The fourth-order valence-corrected chi connectivity index (χ4v) is 4.11. The Hall–Kier alpha value is -2.54. The highest BCUT2D eigenvalue weighted by Crippen LogP contribution is 2.31. The van der Waals surface area contributed by atoms with Gasteiger partial charge >= 0.3 is 0 Å². The molecule has 2 unspecified atom stereocenters. The SMILES string of the molecule is Cn1cc(C2CCN(C3CC(=O)N(CCc4ccccc4F)C3=O)C2)cn1. The molecule has 4 rings (SSSR count). The van der Waals surface area contributed by atoms with Crippen LogP contribution in [0.25, 0.3) is 0 Å². The van der Waals surface area contributed by atoms with Crippen LogP contribution in [0.2, 0.25) is 0 Å². The Kier molecular flexibility index (Phi) is 4.78. The predicted molar refractivity (Wildman–Crippen MR) is 97.4 cm³/mol. The number of benzene rings is 1. The Bertz CT molecular complexity index is 865. The quantitative estimate of drug-likeness (QED) is 0.752. The van der Waals surface area contributed by atoms with Crippen molar-refractivity contribution in [3.05, 3.63) is 53.6 Å². The van der Waals surface area contributed by atoms with Gasteiger partial charge in [-0.1, -0.05) is 18.2 Å². The summed E-state index contributed by atoms with van der Waals surface area (Å²) in [5.41, 5.74) is 1.70. The summed E-state index contributed by atoms with van der Waals surface area (Å²) in [6.45, 7) is 1.79. The maximum atomic E-state index is 13.8. The Morgan fingerprint density at radius 2 is 2.07 bits per heavy atom. The molecule has 2 amide bonds. The van der Waals surface area contributed by atoms with E-state index in [1.807, 2.05) is 19.4 Å². The van der Waals surface area contributed by atoms with E-state index in [-0.39, 0.29) is 36.6 Å². The Labute approximate surface area is 157 Å². The molecular weight excluding hydrogens is 347 g/mol. The van der Waals surface area contributed by atoms with Crippen molar-refractivity contribution in [2.75, 3.05) is 19.6 Å². The van der Waals surface area contributed by atoms with E-state index in [0.29, 0.717) is 17.9 Å². The number of imide groups is 1. The lowest BCUT2D eigenvalue weighted by Crippen LogP contribution is -2.41. The van der Waals surface area contributed by atoms with Gasteiger partial charge in [-0.25, -0.2) is 4.39 Å². The average Bonchev–Trinajstić information content (AvgIpc) is 3.35. The molecule has 2 aliphatic rings. The predicted octanol–water partition coefficient (Wildman–Crippen LogP) is 1.72. The molecular formula is C20H23FN4O2. The van der Waals surface area contributed by atoms with Crippen molar-refractivity contribution in [2.45, 2.75) is 31.2 Å². The fraction of sp³-hybridized carbons (Fsp3) is 0.450. The minimum Gasteiger partial charge on any atom is -0.291 e. The molecule has 2 aromatic rings. The van der Waals surface area contributed by atoms with Crippen molar-refractivity contribution >= 4 is 11.8 Å². The highest BCUT2D eigenvalue weighted by molar-refractivity contribution is 6.05. The van der Waals surface area contributed by atoms with E-state index in [1.165, 1.54) is 16.5 Å². The molecule has 2 saturated heterocycles. The first-order chi connectivity index (χ1) is 13.0. The van der Waals surface area contributed by atoms with Gasteiger partial charge < -0.3 is 0 Å². The average molecular weight is 370 g/mol. The fourth-order valence-electron chi connectivity index (χ4n) is 4.11. The van der Waals surface area contributed by atoms with Crippen molar-refractivity contribution < 1.29 is 14.0 Å².